The van der Waals surface area contributed by atoms with E-state index in [1.807, 2.05) is 35.2 Å². The van der Waals surface area contributed by atoms with Crippen molar-refractivity contribution in [3.05, 3.63) is 36.2 Å². The Balaban J connectivity index is 1.44. The van der Waals surface area contributed by atoms with Crippen molar-refractivity contribution < 1.29 is 9.21 Å². The molecule has 1 saturated heterocycles. The number of carbonyl (C=O) groups excluding carboxylic acids is 1. The van der Waals surface area contributed by atoms with Gasteiger partial charge >= 0.3 is 0 Å². The molecule has 140 valence electrons. The molecule has 1 aliphatic heterocycles. The quantitative estimate of drug-likeness (QED) is 0.824. The van der Waals surface area contributed by atoms with E-state index in [4.69, 9.17) is 4.42 Å². The highest BCUT2D eigenvalue weighted by Crippen LogP contribution is 2.21. The Morgan fingerprint density at radius 2 is 1.77 bits per heavy atom. The molecule has 0 bridgehead atoms. The van der Waals surface area contributed by atoms with Gasteiger partial charge in [-0.25, -0.2) is 0 Å². The number of carbonyl (C=O) groups is 1. The van der Waals surface area contributed by atoms with Crippen LogP contribution in [0.1, 0.15) is 33.1 Å². The molecule has 0 radical (unpaired) electrons. The Bertz CT molecular complexity index is 713. The van der Waals surface area contributed by atoms with Crippen molar-refractivity contribution >= 4 is 5.91 Å². The van der Waals surface area contributed by atoms with Crippen molar-refractivity contribution in [2.24, 2.45) is 5.41 Å². The lowest BCUT2D eigenvalue weighted by molar-refractivity contribution is -0.134. The molecular formula is C20H28N4O2. The first kappa shape index (κ1) is 18.6. The zero-order chi connectivity index (χ0) is 18.6. The first-order valence-corrected chi connectivity index (χ1v) is 9.29. The first-order chi connectivity index (χ1) is 12.4. The van der Waals surface area contributed by atoms with E-state index in [0.29, 0.717) is 18.2 Å². The molecule has 6 nitrogen and oxygen atoms in total. The topological polar surface area (TPSA) is 62.5 Å². The summed E-state index contributed by atoms with van der Waals surface area (Å²) in [7, 11) is 0. The van der Waals surface area contributed by atoms with Gasteiger partial charge in [0.25, 0.3) is 0 Å². The van der Waals surface area contributed by atoms with Gasteiger partial charge in [0.15, 0.2) is 0 Å². The summed E-state index contributed by atoms with van der Waals surface area (Å²) in [6.45, 7) is 10.6. The van der Waals surface area contributed by atoms with Crippen LogP contribution in [-0.4, -0.2) is 58.6 Å². The minimum atomic E-state index is 0.0443. The molecular weight excluding hydrogens is 328 g/mol. The molecule has 26 heavy (non-hydrogen) atoms. The number of hydrogen-bond acceptors (Lipinski definition) is 5. The fraction of sp³-hybridized carbons (Fsp3) is 0.550. The van der Waals surface area contributed by atoms with Crippen LogP contribution < -0.4 is 0 Å². The summed E-state index contributed by atoms with van der Waals surface area (Å²) < 4.78 is 5.76. The predicted octanol–water partition coefficient (Wildman–Crippen LogP) is 2.86. The Kier molecular flexibility index (Phi) is 5.71. The molecule has 1 aliphatic rings. The maximum Gasteiger partial charge on any atom is 0.247 e. The van der Waals surface area contributed by atoms with Crippen LogP contribution in [-0.2, 0) is 11.2 Å². The average Bonchev–Trinajstić information content (AvgIpc) is 3.09. The smallest absolute Gasteiger partial charge is 0.247 e. The molecule has 0 N–H and O–H groups in total. The summed E-state index contributed by atoms with van der Waals surface area (Å²) in [5, 5.41) is 8.28. The van der Waals surface area contributed by atoms with E-state index in [2.05, 4.69) is 35.9 Å². The number of aromatic nitrogens is 2. The zero-order valence-electron chi connectivity index (χ0n) is 15.9. The van der Waals surface area contributed by atoms with Crippen LogP contribution in [0, 0.1) is 5.41 Å². The van der Waals surface area contributed by atoms with Gasteiger partial charge in [-0.3, -0.25) is 9.69 Å². The van der Waals surface area contributed by atoms with Gasteiger partial charge in [0.2, 0.25) is 17.7 Å². The second kappa shape index (κ2) is 7.99. The molecule has 0 atom stereocenters. The predicted molar refractivity (Wildman–Crippen MR) is 101 cm³/mol. The van der Waals surface area contributed by atoms with Crippen molar-refractivity contribution in [3.63, 3.8) is 0 Å². The molecule has 2 aromatic rings. The Hall–Kier alpha value is -2.21. The summed E-state index contributed by atoms with van der Waals surface area (Å²) in [6.07, 6.45) is 1.34. The summed E-state index contributed by atoms with van der Waals surface area (Å²) in [5.41, 5.74) is 0.986. The maximum absolute atomic E-state index is 12.3. The van der Waals surface area contributed by atoms with Crippen molar-refractivity contribution in [3.8, 4) is 11.5 Å². The fourth-order valence-corrected chi connectivity index (χ4v) is 3.09. The molecule has 1 aromatic heterocycles. The number of amides is 1. The van der Waals surface area contributed by atoms with Gasteiger partial charge in [-0.2, -0.15) is 0 Å². The van der Waals surface area contributed by atoms with E-state index >= 15 is 0 Å². The monoisotopic (exact) mass is 356 g/mol. The SMILES string of the molecule is CC(C)(C)CC(=O)N1CCN(CCc2nnc(-c3ccccc3)o2)CC1. The second-order valence-electron chi connectivity index (χ2n) is 8.08. The molecule has 1 aromatic carbocycles. The summed E-state index contributed by atoms with van der Waals surface area (Å²) in [4.78, 5) is 16.7. The third-order valence-electron chi connectivity index (χ3n) is 4.54. The summed E-state index contributed by atoms with van der Waals surface area (Å²) in [6, 6.07) is 9.81. The molecule has 2 heterocycles. The molecule has 0 aliphatic carbocycles. The molecule has 0 saturated carbocycles. The normalized spacial score (nSPS) is 16.0. The Morgan fingerprint density at radius 1 is 1.08 bits per heavy atom. The molecule has 6 heteroatoms. The standard InChI is InChI=1S/C20H28N4O2/c1-20(2,3)15-18(25)24-13-11-23(12-14-24)10-9-17-21-22-19(26-17)16-7-5-4-6-8-16/h4-8H,9-15H2,1-3H3. The lowest BCUT2D eigenvalue weighted by atomic mass is 9.91. The fourth-order valence-electron chi connectivity index (χ4n) is 3.09. The van der Waals surface area contributed by atoms with Crippen LogP contribution in [0.25, 0.3) is 11.5 Å². The van der Waals surface area contributed by atoms with E-state index in [1.54, 1.807) is 0 Å². The second-order valence-corrected chi connectivity index (χ2v) is 8.08. The molecule has 0 spiro atoms. The largest absolute Gasteiger partial charge is 0.421 e. The average molecular weight is 356 g/mol. The van der Waals surface area contributed by atoms with Crippen molar-refractivity contribution in [2.75, 3.05) is 32.7 Å². The van der Waals surface area contributed by atoms with Crippen LogP contribution in [0.3, 0.4) is 0 Å². The zero-order valence-corrected chi connectivity index (χ0v) is 15.9. The minimum Gasteiger partial charge on any atom is -0.421 e. The number of rotatable bonds is 5. The lowest BCUT2D eigenvalue weighted by Crippen LogP contribution is -2.49. The third-order valence-corrected chi connectivity index (χ3v) is 4.54. The van der Waals surface area contributed by atoms with Crippen LogP contribution in [0.5, 0.6) is 0 Å². The summed E-state index contributed by atoms with van der Waals surface area (Å²) in [5.74, 6) is 1.50. The highest BCUT2D eigenvalue weighted by atomic mass is 16.4. The van der Waals surface area contributed by atoms with Crippen molar-refractivity contribution in [1.82, 2.24) is 20.0 Å². The van der Waals surface area contributed by atoms with Gasteiger partial charge in [0.1, 0.15) is 0 Å². The molecule has 1 amide bonds. The number of hydrogen-bond donors (Lipinski definition) is 0. The van der Waals surface area contributed by atoms with E-state index in [9.17, 15) is 4.79 Å². The Labute approximate surface area is 155 Å². The van der Waals surface area contributed by atoms with Gasteiger partial charge in [-0.05, 0) is 17.5 Å². The minimum absolute atomic E-state index is 0.0443. The number of nitrogens with zero attached hydrogens (tertiary/aromatic N) is 4. The van der Waals surface area contributed by atoms with Gasteiger partial charge < -0.3 is 9.32 Å². The van der Waals surface area contributed by atoms with Crippen molar-refractivity contribution in [2.45, 2.75) is 33.6 Å². The highest BCUT2D eigenvalue weighted by molar-refractivity contribution is 5.76. The number of piperazine rings is 1. The van der Waals surface area contributed by atoms with E-state index in [0.717, 1.165) is 44.7 Å². The lowest BCUT2D eigenvalue weighted by Gasteiger charge is -2.35. The molecule has 0 unspecified atom stereocenters. The van der Waals surface area contributed by atoms with Crippen LogP contribution >= 0.6 is 0 Å². The van der Waals surface area contributed by atoms with Gasteiger partial charge in [0.05, 0.1) is 0 Å². The Morgan fingerprint density at radius 3 is 2.42 bits per heavy atom. The first-order valence-electron chi connectivity index (χ1n) is 9.29. The third kappa shape index (κ3) is 5.14. The van der Waals surface area contributed by atoms with Gasteiger partial charge in [-0.15, -0.1) is 10.2 Å². The van der Waals surface area contributed by atoms with Crippen LogP contribution in [0.2, 0.25) is 0 Å². The van der Waals surface area contributed by atoms with E-state index in [-0.39, 0.29) is 11.3 Å². The van der Waals surface area contributed by atoms with Gasteiger partial charge in [0, 0.05) is 51.1 Å². The number of benzene rings is 1. The maximum atomic E-state index is 12.3. The molecule has 3 rings (SSSR count). The van der Waals surface area contributed by atoms with Crippen LogP contribution in [0.15, 0.2) is 34.7 Å². The molecule has 1 fully saturated rings. The van der Waals surface area contributed by atoms with E-state index < -0.39 is 0 Å². The summed E-state index contributed by atoms with van der Waals surface area (Å²) >= 11 is 0. The van der Waals surface area contributed by atoms with Crippen LogP contribution in [0.4, 0.5) is 0 Å². The van der Waals surface area contributed by atoms with E-state index in [1.165, 1.54) is 0 Å². The van der Waals surface area contributed by atoms with Gasteiger partial charge in [-0.1, -0.05) is 39.0 Å². The van der Waals surface area contributed by atoms with Crippen molar-refractivity contribution in [1.29, 1.82) is 0 Å². The highest BCUT2D eigenvalue weighted by Gasteiger charge is 2.24.